The van der Waals surface area contributed by atoms with Gasteiger partial charge in [-0.25, -0.2) is 0 Å². The lowest BCUT2D eigenvalue weighted by Gasteiger charge is -2.29. The number of benzene rings is 5. The van der Waals surface area contributed by atoms with Crippen LogP contribution < -0.4 is 0 Å². The van der Waals surface area contributed by atoms with Crippen LogP contribution in [0.25, 0.3) is 0 Å². The van der Waals surface area contributed by atoms with Gasteiger partial charge >= 0.3 is 0 Å². The molecule has 0 bridgehead atoms. The van der Waals surface area contributed by atoms with E-state index < -0.39 is 0 Å². The quantitative estimate of drug-likeness (QED) is 0.0542. The topological polar surface area (TPSA) is 0 Å². The lowest BCUT2D eigenvalue weighted by atomic mass is 9.76. The predicted molar refractivity (Wildman–Crippen MR) is 274 cm³/mol. The lowest BCUT2D eigenvalue weighted by Crippen LogP contribution is -2.14. The highest BCUT2D eigenvalue weighted by Gasteiger charge is 2.24. The average Bonchev–Trinajstić information content (AvgIpc) is 3.33. The molecule has 2 aliphatic carbocycles. The Morgan fingerprint density at radius 1 is 0.365 bits per heavy atom. The maximum absolute atomic E-state index is 6.88. The van der Waals surface area contributed by atoms with Crippen LogP contribution in [0.4, 0.5) is 0 Å². The van der Waals surface area contributed by atoms with E-state index in [1.807, 2.05) is 0 Å². The van der Waals surface area contributed by atoms with Crippen LogP contribution in [0.15, 0.2) is 115 Å². The normalized spacial score (nSPS) is 19.0. The summed E-state index contributed by atoms with van der Waals surface area (Å²) < 4.78 is 0. The minimum Gasteiger partial charge on any atom is -0.0840 e. The molecule has 7 rings (SSSR count). The molecule has 5 aromatic carbocycles. The second kappa shape index (κ2) is 25.8. The number of aryl methyl sites for hydroxylation is 7. The van der Waals surface area contributed by atoms with E-state index in [0.717, 1.165) is 54.4 Å². The van der Waals surface area contributed by atoms with Crippen LogP contribution in [0.3, 0.4) is 0 Å². The molecule has 0 nitrogen and oxygen atoms in total. The van der Waals surface area contributed by atoms with Gasteiger partial charge in [-0.3, -0.25) is 0 Å². The van der Waals surface area contributed by atoms with E-state index in [9.17, 15) is 0 Å². The van der Waals surface area contributed by atoms with Crippen LogP contribution in [0.2, 0.25) is 5.02 Å². The Bertz CT molecular complexity index is 2000. The van der Waals surface area contributed by atoms with Gasteiger partial charge in [-0.2, -0.15) is 0 Å². The van der Waals surface area contributed by atoms with Gasteiger partial charge in [-0.15, -0.1) is 0 Å². The molecule has 0 amide bonds. The monoisotopic (exact) mass is 861 g/mol. The molecule has 0 unspecified atom stereocenters. The highest BCUT2D eigenvalue weighted by Crippen LogP contribution is 2.39. The molecule has 0 heterocycles. The fourth-order valence-corrected chi connectivity index (χ4v) is 11.4. The van der Waals surface area contributed by atoms with Crippen molar-refractivity contribution in [1.82, 2.24) is 0 Å². The van der Waals surface area contributed by atoms with E-state index in [-0.39, 0.29) is 0 Å². The zero-order valence-electron chi connectivity index (χ0n) is 39.5. The highest BCUT2D eigenvalue weighted by molar-refractivity contribution is 6.31. The number of hydrogen-bond acceptors (Lipinski definition) is 0. The zero-order valence-corrected chi connectivity index (χ0v) is 40.3. The van der Waals surface area contributed by atoms with Crippen LogP contribution in [-0.4, -0.2) is 0 Å². The van der Waals surface area contributed by atoms with Gasteiger partial charge in [0.2, 0.25) is 0 Å². The van der Waals surface area contributed by atoms with Crippen molar-refractivity contribution in [2.45, 2.75) is 193 Å². The summed E-state index contributed by atoms with van der Waals surface area (Å²) in [5, 5.41) is 0.920. The zero-order chi connectivity index (χ0) is 43.5. The summed E-state index contributed by atoms with van der Waals surface area (Å²) in [5.74, 6) is 3.26. The van der Waals surface area contributed by atoms with E-state index in [2.05, 4.69) is 129 Å². The van der Waals surface area contributed by atoms with E-state index in [1.54, 1.807) is 11.1 Å². The van der Waals surface area contributed by atoms with Gasteiger partial charge in [-0.1, -0.05) is 173 Å². The summed E-state index contributed by atoms with van der Waals surface area (Å²) in [6.45, 7) is 4.58. The minimum absolute atomic E-state index is 0.759. The molecule has 0 N–H and O–H groups in total. The molecule has 1 heteroatoms. The molecule has 63 heavy (non-hydrogen) atoms. The highest BCUT2D eigenvalue weighted by atomic mass is 35.5. The van der Waals surface area contributed by atoms with Crippen molar-refractivity contribution in [3.63, 3.8) is 0 Å². The lowest BCUT2D eigenvalue weighted by molar-refractivity contribution is 0.310. The molecule has 2 saturated carbocycles. The van der Waals surface area contributed by atoms with Gasteiger partial charge in [-0.05, 0) is 214 Å². The second-order valence-electron chi connectivity index (χ2n) is 20.1. The van der Waals surface area contributed by atoms with Crippen molar-refractivity contribution < 1.29 is 0 Å². The molecular formula is C62H81Cl. The van der Waals surface area contributed by atoms with Gasteiger partial charge in [0.05, 0.1) is 0 Å². The van der Waals surface area contributed by atoms with Crippen molar-refractivity contribution in [1.29, 1.82) is 0 Å². The average molecular weight is 862 g/mol. The summed E-state index contributed by atoms with van der Waals surface area (Å²) >= 11 is 6.88. The van der Waals surface area contributed by atoms with Crippen LogP contribution in [0.1, 0.15) is 197 Å². The minimum atomic E-state index is 0.759. The molecule has 5 aromatic rings. The Kier molecular flexibility index (Phi) is 19.4. The van der Waals surface area contributed by atoms with Gasteiger partial charge in [0, 0.05) is 5.02 Å². The van der Waals surface area contributed by atoms with Crippen LogP contribution in [-0.2, 0) is 51.4 Å². The molecule has 0 aliphatic heterocycles. The number of unbranched alkanes of at least 4 members (excludes halogenated alkanes) is 6. The molecule has 0 atom stereocenters. The largest absolute Gasteiger partial charge is 0.0840 e. The summed E-state index contributed by atoms with van der Waals surface area (Å²) in [6, 6.07) is 45.0. The first-order valence-electron chi connectivity index (χ1n) is 26.1. The van der Waals surface area contributed by atoms with E-state index in [4.69, 9.17) is 11.6 Å². The first-order valence-corrected chi connectivity index (χ1v) is 26.5. The number of hydrogen-bond donors (Lipinski definition) is 0. The molecule has 0 saturated heterocycles. The fraction of sp³-hybridized carbons (Fsp3) is 0.516. The van der Waals surface area contributed by atoms with Gasteiger partial charge in [0.25, 0.3) is 0 Å². The smallest absolute Gasteiger partial charge is 0.0440 e. The fourth-order valence-electron chi connectivity index (χ4n) is 11.1. The van der Waals surface area contributed by atoms with Crippen LogP contribution in [0, 0.1) is 11.8 Å². The Morgan fingerprint density at radius 3 is 1.17 bits per heavy atom. The summed E-state index contributed by atoms with van der Waals surface area (Å²) in [5.41, 5.74) is 14.8. The SMILES string of the molecule is CCCCCCc1ccc([C@H]2CC[C@H](CCc3ccc(CCc4cccc(Cl)c4CCc4ccc(CC[C@H]5CC[C@H](c6ccc(CCCCCC)cc6)CC5)cc4)cc3)CC2)cc1. The molecule has 2 aliphatic rings. The Hall–Kier alpha value is -3.61. The van der Waals surface area contributed by atoms with E-state index >= 15 is 0 Å². The van der Waals surface area contributed by atoms with Crippen molar-refractivity contribution >= 4 is 11.6 Å². The van der Waals surface area contributed by atoms with E-state index in [0.29, 0.717) is 0 Å². The van der Waals surface area contributed by atoms with Crippen molar-refractivity contribution in [3.05, 3.63) is 176 Å². The standard InChI is InChI=1S/C62H81Cl/c1-3-5-7-9-12-48-28-38-56(39-29-48)58-42-32-54(33-43-58)26-20-50-16-22-52(23-17-50)36-46-60-14-11-15-62(63)61(60)47-37-53-24-18-51(19-25-53)21-27-55-34-44-59(45-35-55)57-40-30-49(31-41-57)13-10-8-6-4-2/h11,14-19,22-25,28-31,38-41,54-55,58-59H,3-10,12-13,20-21,26-27,32-37,42-47H2,1-2H3/t54-,55-,58-,59-. The molecule has 336 valence electrons. The molecule has 2 fully saturated rings. The van der Waals surface area contributed by atoms with Crippen LogP contribution >= 0.6 is 11.6 Å². The number of halogens is 1. The summed E-state index contributed by atoms with van der Waals surface area (Å²) in [4.78, 5) is 0. The van der Waals surface area contributed by atoms with Crippen LogP contribution in [0.5, 0.6) is 0 Å². The van der Waals surface area contributed by atoms with Gasteiger partial charge in [0.1, 0.15) is 0 Å². The molecule has 0 radical (unpaired) electrons. The molecule has 0 aromatic heterocycles. The third-order valence-electron chi connectivity index (χ3n) is 15.5. The second-order valence-corrected chi connectivity index (χ2v) is 20.5. The molecular weight excluding hydrogens is 780 g/mol. The van der Waals surface area contributed by atoms with Crippen molar-refractivity contribution in [2.24, 2.45) is 11.8 Å². The Morgan fingerprint density at radius 2 is 0.746 bits per heavy atom. The first-order chi connectivity index (χ1) is 31.0. The number of rotatable bonds is 24. The third kappa shape index (κ3) is 15.2. The summed E-state index contributed by atoms with van der Waals surface area (Å²) in [6.07, 6.45) is 33.4. The first kappa shape index (κ1) is 47.4. The Balaban J connectivity index is 0.786. The van der Waals surface area contributed by atoms with E-state index in [1.165, 1.54) is 186 Å². The van der Waals surface area contributed by atoms with Gasteiger partial charge in [0.15, 0.2) is 0 Å². The predicted octanol–water partition coefficient (Wildman–Crippen LogP) is 18.0. The van der Waals surface area contributed by atoms with Crippen molar-refractivity contribution in [2.75, 3.05) is 0 Å². The third-order valence-corrected chi connectivity index (χ3v) is 15.9. The maximum Gasteiger partial charge on any atom is 0.0440 e. The molecule has 0 spiro atoms. The maximum atomic E-state index is 6.88. The Labute approximate surface area is 390 Å². The van der Waals surface area contributed by atoms with Crippen molar-refractivity contribution in [3.8, 4) is 0 Å². The van der Waals surface area contributed by atoms with Gasteiger partial charge < -0.3 is 0 Å². The summed E-state index contributed by atoms with van der Waals surface area (Å²) in [7, 11) is 0.